The van der Waals surface area contributed by atoms with Gasteiger partial charge in [-0.15, -0.1) is 0 Å². The number of piperidine rings is 2. The zero-order valence-electron chi connectivity index (χ0n) is 31.4. The number of aromatic hydroxyl groups is 1. The van der Waals surface area contributed by atoms with Gasteiger partial charge in [-0.25, -0.2) is 0 Å². The molecule has 2 aliphatic carbocycles. The minimum absolute atomic E-state index is 0.124. The number of nitrogens with zero attached hydrogens (tertiary/aromatic N) is 2. The molecule has 0 radical (unpaired) electrons. The van der Waals surface area contributed by atoms with E-state index in [-0.39, 0.29) is 36.4 Å². The second-order valence-electron chi connectivity index (χ2n) is 16.3. The van der Waals surface area contributed by atoms with Gasteiger partial charge in [-0.3, -0.25) is 19.7 Å². The number of carbonyl (C=O) groups is 3. The number of imide groups is 1. The van der Waals surface area contributed by atoms with Crippen molar-refractivity contribution in [2.75, 3.05) is 13.1 Å². The fraction of sp³-hybridized carbons (Fsp3) is 0.413. The van der Waals surface area contributed by atoms with Crippen LogP contribution in [0.4, 0.5) is 0 Å². The second kappa shape index (κ2) is 14.8. The largest absolute Gasteiger partial charge is 0.508 e. The van der Waals surface area contributed by atoms with E-state index >= 15 is 0 Å². The maximum atomic E-state index is 13.1. The van der Waals surface area contributed by atoms with Gasteiger partial charge in [-0.1, -0.05) is 48.5 Å². The molecule has 2 N–H and O–H groups in total. The Morgan fingerprint density at radius 1 is 0.782 bits per heavy atom. The van der Waals surface area contributed by atoms with Crippen LogP contribution in [-0.4, -0.2) is 70.0 Å². The van der Waals surface area contributed by atoms with Crippen LogP contribution < -0.4 is 14.8 Å². The standard InChI is InChI=1S/C46H49N3O6/c1-28(54-36-11-7-31(8-12-36)44-39(30-5-3-2-4-6-30)14-9-32-23-35(50)10-15-40(32)44)29-19-21-48(22-20-29)34-25-38(26-34)55-37-13-16-41-33(24-37)27-49(46(41)53)42-17-18-43(51)47-45(42)52/h2-8,10-13,15-16,23-24,28-29,34,38-39,42,44,50H,9,14,17-22,25-27H2,1H3,(H,47,51,52)/t28?,34?,38?,39-,42?,44+/m1/s1. The molecule has 3 aliphatic heterocycles. The van der Waals surface area contributed by atoms with E-state index in [0.717, 1.165) is 68.7 Å². The molecule has 3 amide bonds. The molecule has 2 saturated heterocycles. The first kappa shape index (κ1) is 35.5. The Labute approximate surface area is 322 Å². The zero-order valence-corrected chi connectivity index (χ0v) is 31.4. The normalized spacial score (nSPS) is 26.1. The van der Waals surface area contributed by atoms with Gasteiger partial charge in [-0.05, 0) is 134 Å². The van der Waals surface area contributed by atoms with Crippen molar-refractivity contribution < 1.29 is 29.0 Å². The molecule has 0 bridgehead atoms. The summed E-state index contributed by atoms with van der Waals surface area (Å²) in [4.78, 5) is 41.2. The van der Waals surface area contributed by atoms with Crippen molar-refractivity contribution >= 4 is 17.7 Å². The van der Waals surface area contributed by atoms with Crippen molar-refractivity contribution in [3.63, 3.8) is 0 Å². The number of phenols is 1. The lowest BCUT2D eigenvalue weighted by Crippen LogP contribution is -2.52. The molecule has 4 aromatic carbocycles. The van der Waals surface area contributed by atoms with E-state index in [1.165, 1.54) is 22.3 Å². The topological polar surface area (TPSA) is 108 Å². The lowest BCUT2D eigenvalue weighted by Gasteiger charge is -2.46. The molecule has 3 fully saturated rings. The molecular formula is C46H49N3O6. The van der Waals surface area contributed by atoms with Crippen molar-refractivity contribution in [3.8, 4) is 17.2 Å². The number of fused-ring (bicyclic) bond motifs is 2. The number of benzene rings is 4. The fourth-order valence-electron chi connectivity index (χ4n) is 9.85. The van der Waals surface area contributed by atoms with Crippen LogP contribution in [-0.2, 0) is 22.6 Å². The maximum Gasteiger partial charge on any atom is 0.255 e. The number of nitrogens with one attached hydrogen (secondary N) is 1. The Hall–Kier alpha value is -5.15. The van der Waals surface area contributed by atoms with E-state index < -0.39 is 11.9 Å². The van der Waals surface area contributed by atoms with Gasteiger partial charge >= 0.3 is 0 Å². The first-order valence-corrected chi connectivity index (χ1v) is 20.1. The summed E-state index contributed by atoms with van der Waals surface area (Å²) in [6, 6.07) is 31.0. The number of hydrogen-bond donors (Lipinski definition) is 2. The molecule has 5 aliphatic rings. The highest BCUT2D eigenvalue weighted by Gasteiger charge is 2.41. The van der Waals surface area contributed by atoms with Gasteiger partial charge in [0.25, 0.3) is 5.91 Å². The highest BCUT2D eigenvalue weighted by atomic mass is 16.5. The number of ether oxygens (including phenoxy) is 2. The van der Waals surface area contributed by atoms with E-state index in [1.807, 2.05) is 30.3 Å². The van der Waals surface area contributed by atoms with Crippen LogP contribution >= 0.6 is 0 Å². The number of likely N-dealkylation sites (tertiary alicyclic amines) is 1. The second-order valence-corrected chi connectivity index (χ2v) is 16.3. The van der Waals surface area contributed by atoms with Gasteiger partial charge in [0.05, 0.1) is 6.10 Å². The number of amides is 3. The minimum atomic E-state index is -0.614. The van der Waals surface area contributed by atoms with Crippen LogP contribution in [0.15, 0.2) is 91.0 Å². The summed E-state index contributed by atoms with van der Waals surface area (Å²) in [6.45, 7) is 4.68. The molecule has 4 aromatic rings. The van der Waals surface area contributed by atoms with Crippen LogP contribution in [0.2, 0.25) is 0 Å². The number of carbonyl (C=O) groups excluding carboxylic acids is 3. The Bertz CT molecular complexity index is 2070. The van der Waals surface area contributed by atoms with E-state index in [0.29, 0.717) is 42.2 Å². The fourth-order valence-corrected chi connectivity index (χ4v) is 9.85. The van der Waals surface area contributed by atoms with E-state index in [4.69, 9.17) is 9.47 Å². The molecule has 284 valence electrons. The van der Waals surface area contributed by atoms with Gasteiger partial charge in [0.2, 0.25) is 11.8 Å². The molecule has 0 spiro atoms. The third-order valence-electron chi connectivity index (χ3n) is 13.0. The Morgan fingerprint density at radius 2 is 1.55 bits per heavy atom. The van der Waals surface area contributed by atoms with E-state index in [1.54, 1.807) is 4.90 Å². The summed E-state index contributed by atoms with van der Waals surface area (Å²) < 4.78 is 12.9. The predicted molar refractivity (Wildman–Crippen MR) is 208 cm³/mol. The monoisotopic (exact) mass is 739 g/mol. The summed E-state index contributed by atoms with van der Waals surface area (Å²) >= 11 is 0. The van der Waals surface area contributed by atoms with Gasteiger partial charge in [0.1, 0.15) is 29.4 Å². The van der Waals surface area contributed by atoms with Gasteiger partial charge in [0, 0.05) is 43.3 Å². The van der Waals surface area contributed by atoms with Crippen LogP contribution in [0.1, 0.15) is 102 Å². The third-order valence-corrected chi connectivity index (χ3v) is 13.0. The van der Waals surface area contributed by atoms with E-state index in [9.17, 15) is 19.5 Å². The number of rotatable bonds is 9. The first-order valence-electron chi connectivity index (χ1n) is 20.1. The van der Waals surface area contributed by atoms with Crippen molar-refractivity contribution in [1.29, 1.82) is 0 Å². The number of aryl methyl sites for hydroxylation is 1. The molecule has 3 heterocycles. The average molecular weight is 740 g/mol. The molecular weight excluding hydrogens is 691 g/mol. The van der Waals surface area contributed by atoms with Crippen molar-refractivity contribution in [2.45, 2.75) is 101 Å². The van der Waals surface area contributed by atoms with Gasteiger partial charge in [-0.2, -0.15) is 0 Å². The van der Waals surface area contributed by atoms with Gasteiger partial charge < -0.3 is 24.4 Å². The smallest absolute Gasteiger partial charge is 0.255 e. The number of hydrogen-bond acceptors (Lipinski definition) is 7. The molecule has 2 unspecified atom stereocenters. The molecule has 55 heavy (non-hydrogen) atoms. The zero-order chi connectivity index (χ0) is 37.6. The summed E-state index contributed by atoms with van der Waals surface area (Å²) in [6.07, 6.45) is 7.05. The quantitative estimate of drug-likeness (QED) is 0.176. The molecule has 9 rings (SSSR count). The highest BCUT2D eigenvalue weighted by Crippen LogP contribution is 2.47. The Morgan fingerprint density at radius 3 is 2.31 bits per heavy atom. The number of phenolic OH excluding ortho intramolecular Hbond substituents is 1. The minimum Gasteiger partial charge on any atom is -0.508 e. The Balaban J connectivity index is 0.757. The average Bonchev–Trinajstić information content (AvgIpc) is 3.51. The van der Waals surface area contributed by atoms with Crippen molar-refractivity contribution in [3.05, 3.63) is 124 Å². The molecule has 9 heteroatoms. The van der Waals surface area contributed by atoms with Crippen molar-refractivity contribution in [1.82, 2.24) is 15.1 Å². The summed E-state index contributed by atoms with van der Waals surface area (Å²) in [5, 5.41) is 12.6. The summed E-state index contributed by atoms with van der Waals surface area (Å²) in [7, 11) is 0. The van der Waals surface area contributed by atoms with Gasteiger partial charge in [0.15, 0.2) is 0 Å². The Kier molecular flexibility index (Phi) is 9.58. The lowest BCUT2D eigenvalue weighted by atomic mass is 9.69. The van der Waals surface area contributed by atoms with E-state index in [2.05, 4.69) is 77.8 Å². The van der Waals surface area contributed by atoms with Crippen LogP contribution in [0.3, 0.4) is 0 Å². The van der Waals surface area contributed by atoms with Crippen LogP contribution in [0, 0.1) is 5.92 Å². The highest BCUT2D eigenvalue weighted by molar-refractivity contribution is 6.05. The molecule has 4 atom stereocenters. The predicted octanol–water partition coefficient (Wildman–Crippen LogP) is 7.10. The third kappa shape index (κ3) is 7.10. The summed E-state index contributed by atoms with van der Waals surface area (Å²) in [5.41, 5.74) is 6.65. The van der Waals surface area contributed by atoms with Crippen LogP contribution in [0.5, 0.6) is 17.2 Å². The SMILES string of the molecule is CC(Oc1ccc([C@@H]2c3ccc(O)cc3CC[C@@H]2c2ccccc2)cc1)C1CCN(C2CC(Oc3ccc4c(c3)CN(C3CCC(=O)NC3=O)C4=O)C2)CC1. The maximum absolute atomic E-state index is 13.1. The molecule has 9 nitrogen and oxygen atoms in total. The summed E-state index contributed by atoms with van der Waals surface area (Å²) in [5.74, 6) is 2.25. The lowest BCUT2D eigenvalue weighted by molar-refractivity contribution is -0.136. The van der Waals surface area contributed by atoms with Crippen LogP contribution in [0.25, 0.3) is 0 Å². The molecule has 1 saturated carbocycles. The van der Waals surface area contributed by atoms with Crippen molar-refractivity contribution in [2.24, 2.45) is 5.92 Å². The first-order chi connectivity index (χ1) is 26.8. The molecule has 0 aromatic heterocycles.